The monoisotopic (exact) mass is 262 g/mol. The van der Waals surface area contributed by atoms with Crippen LogP contribution in [0, 0.1) is 11.8 Å². The summed E-state index contributed by atoms with van der Waals surface area (Å²) in [7, 11) is 0. The van der Waals surface area contributed by atoms with Crippen LogP contribution in [0.4, 0.5) is 0 Å². The molecule has 0 aromatic heterocycles. The Morgan fingerprint density at radius 3 is 1.39 bits per heavy atom. The number of unbranched alkanes of at least 4 members (excludes halogenated alkanes) is 1. The maximum atomic E-state index is 10.6. The topological polar surface area (TPSA) is 115 Å². The standard InChI is InChI=1S/C8H12O4.C4H10O2/c9-7(10)5-3-1-2-4-6(5)8(11)12;5-3-1-2-4-6/h5-6H,1-4H2,(H,9,10)(H,11,12);5-6H,1-4H2. The summed E-state index contributed by atoms with van der Waals surface area (Å²) in [5, 5.41) is 33.6. The highest BCUT2D eigenvalue weighted by atomic mass is 16.4. The molecule has 4 N–H and O–H groups in total. The highest BCUT2D eigenvalue weighted by Gasteiger charge is 2.35. The minimum atomic E-state index is -0.970. The molecule has 1 saturated carbocycles. The number of hydrogen-bond donors (Lipinski definition) is 4. The Morgan fingerprint density at radius 1 is 0.833 bits per heavy atom. The highest BCUT2D eigenvalue weighted by molar-refractivity contribution is 5.80. The number of carboxylic acids is 2. The van der Waals surface area contributed by atoms with Gasteiger partial charge in [-0.1, -0.05) is 12.8 Å². The van der Waals surface area contributed by atoms with Crippen LogP contribution in [0.25, 0.3) is 0 Å². The molecule has 0 aromatic rings. The average Bonchev–Trinajstić information content (AvgIpc) is 2.37. The van der Waals surface area contributed by atoms with Gasteiger partial charge in [-0.05, 0) is 25.7 Å². The van der Waals surface area contributed by atoms with E-state index < -0.39 is 23.8 Å². The third kappa shape index (κ3) is 6.56. The molecular formula is C12H22O6. The van der Waals surface area contributed by atoms with E-state index in [4.69, 9.17) is 20.4 Å². The van der Waals surface area contributed by atoms with E-state index in [1.165, 1.54) is 0 Å². The molecule has 2 atom stereocenters. The summed E-state index contributed by atoms with van der Waals surface area (Å²) in [5.74, 6) is -3.28. The maximum Gasteiger partial charge on any atom is 0.307 e. The van der Waals surface area contributed by atoms with Gasteiger partial charge in [0.05, 0.1) is 11.8 Å². The Morgan fingerprint density at radius 2 is 1.17 bits per heavy atom. The summed E-state index contributed by atoms with van der Waals surface area (Å²) < 4.78 is 0. The quantitative estimate of drug-likeness (QED) is 0.542. The third-order valence-electron chi connectivity index (χ3n) is 2.97. The van der Waals surface area contributed by atoms with Crippen LogP contribution in [0.15, 0.2) is 0 Å². The zero-order valence-corrected chi connectivity index (χ0v) is 10.4. The molecule has 0 aromatic carbocycles. The van der Waals surface area contributed by atoms with Crippen molar-refractivity contribution in [3.63, 3.8) is 0 Å². The van der Waals surface area contributed by atoms with E-state index in [1.807, 2.05) is 0 Å². The lowest BCUT2D eigenvalue weighted by molar-refractivity contribution is -0.155. The van der Waals surface area contributed by atoms with Crippen LogP contribution in [0.2, 0.25) is 0 Å². The van der Waals surface area contributed by atoms with E-state index in [-0.39, 0.29) is 13.2 Å². The average molecular weight is 262 g/mol. The number of carbonyl (C=O) groups is 2. The van der Waals surface area contributed by atoms with Crippen molar-refractivity contribution in [1.29, 1.82) is 0 Å². The summed E-state index contributed by atoms with van der Waals surface area (Å²) >= 11 is 0. The predicted molar refractivity (Wildman–Crippen MR) is 64.1 cm³/mol. The maximum absolute atomic E-state index is 10.6. The molecule has 0 aliphatic heterocycles. The van der Waals surface area contributed by atoms with E-state index in [0.717, 1.165) is 25.7 Å². The van der Waals surface area contributed by atoms with Gasteiger partial charge in [-0.2, -0.15) is 0 Å². The van der Waals surface area contributed by atoms with Gasteiger partial charge in [0.1, 0.15) is 0 Å². The molecule has 1 fully saturated rings. The van der Waals surface area contributed by atoms with Gasteiger partial charge in [0.2, 0.25) is 0 Å². The van der Waals surface area contributed by atoms with Crippen molar-refractivity contribution in [2.45, 2.75) is 38.5 Å². The molecule has 0 spiro atoms. The largest absolute Gasteiger partial charge is 0.481 e. The first kappa shape index (κ1) is 16.9. The summed E-state index contributed by atoms with van der Waals surface area (Å²) in [6, 6.07) is 0. The fourth-order valence-electron chi connectivity index (χ4n) is 1.95. The smallest absolute Gasteiger partial charge is 0.307 e. The summed E-state index contributed by atoms with van der Waals surface area (Å²) in [5.41, 5.74) is 0. The van der Waals surface area contributed by atoms with Gasteiger partial charge in [0.25, 0.3) is 0 Å². The lowest BCUT2D eigenvalue weighted by atomic mass is 9.79. The first-order chi connectivity index (χ1) is 8.54. The second-order valence-electron chi connectivity index (χ2n) is 4.33. The number of carboxylic acid groups (broad SMARTS) is 2. The van der Waals surface area contributed by atoms with Gasteiger partial charge in [0.15, 0.2) is 0 Å². The summed E-state index contributed by atoms with van der Waals surface area (Å²) in [6.45, 7) is 0.390. The van der Waals surface area contributed by atoms with Crippen molar-refractivity contribution >= 4 is 11.9 Å². The minimum Gasteiger partial charge on any atom is -0.481 e. The van der Waals surface area contributed by atoms with Crippen LogP contribution in [-0.2, 0) is 9.59 Å². The number of aliphatic hydroxyl groups is 2. The zero-order chi connectivity index (χ0) is 14.0. The van der Waals surface area contributed by atoms with E-state index in [2.05, 4.69) is 0 Å². The van der Waals surface area contributed by atoms with Crippen LogP contribution in [0.3, 0.4) is 0 Å². The molecule has 2 unspecified atom stereocenters. The Hall–Kier alpha value is -1.14. The van der Waals surface area contributed by atoms with E-state index in [1.54, 1.807) is 0 Å². The molecule has 106 valence electrons. The molecule has 1 aliphatic rings. The van der Waals surface area contributed by atoms with Gasteiger partial charge in [0, 0.05) is 13.2 Å². The van der Waals surface area contributed by atoms with E-state index >= 15 is 0 Å². The van der Waals surface area contributed by atoms with E-state index in [0.29, 0.717) is 12.8 Å². The highest BCUT2D eigenvalue weighted by Crippen LogP contribution is 2.30. The molecule has 1 aliphatic carbocycles. The van der Waals surface area contributed by atoms with Crippen LogP contribution >= 0.6 is 0 Å². The molecule has 0 heterocycles. The van der Waals surface area contributed by atoms with Crippen molar-refractivity contribution in [2.24, 2.45) is 11.8 Å². The van der Waals surface area contributed by atoms with Crippen molar-refractivity contribution in [2.75, 3.05) is 13.2 Å². The number of rotatable bonds is 5. The fourth-order valence-corrected chi connectivity index (χ4v) is 1.95. The van der Waals surface area contributed by atoms with Crippen molar-refractivity contribution < 1.29 is 30.0 Å². The predicted octanol–water partition coefficient (Wildman–Crippen LogP) is 0.713. The number of aliphatic carboxylic acids is 2. The summed E-state index contributed by atoms with van der Waals surface area (Å²) in [4.78, 5) is 21.2. The second-order valence-corrected chi connectivity index (χ2v) is 4.33. The molecule has 0 saturated heterocycles. The number of hydrogen-bond acceptors (Lipinski definition) is 4. The molecule has 1 rings (SSSR count). The van der Waals surface area contributed by atoms with Crippen molar-refractivity contribution in [3.8, 4) is 0 Å². The number of aliphatic hydroxyl groups excluding tert-OH is 2. The normalized spacial score (nSPS) is 22.8. The lowest BCUT2D eigenvalue weighted by Crippen LogP contribution is -2.32. The third-order valence-corrected chi connectivity index (χ3v) is 2.97. The second kappa shape index (κ2) is 9.85. The first-order valence-electron chi connectivity index (χ1n) is 6.22. The molecule has 6 nitrogen and oxygen atoms in total. The molecular weight excluding hydrogens is 240 g/mol. The lowest BCUT2D eigenvalue weighted by Gasteiger charge is -2.24. The van der Waals surface area contributed by atoms with Gasteiger partial charge in [-0.25, -0.2) is 0 Å². The Kier molecular flexibility index (Phi) is 9.22. The van der Waals surface area contributed by atoms with Crippen LogP contribution < -0.4 is 0 Å². The molecule has 18 heavy (non-hydrogen) atoms. The van der Waals surface area contributed by atoms with Gasteiger partial charge in [-0.3, -0.25) is 9.59 Å². The van der Waals surface area contributed by atoms with Crippen molar-refractivity contribution in [3.05, 3.63) is 0 Å². The van der Waals surface area contributed by atoms with E-state index in [9.17, 15) is 9.59 Å². The Bertz CT molecular complexity index is 227. The summed E-state index contributed by atoms with van der Waals surface area (Å²) in [6.07, 6.45) is 4.12. The Balaban J connectivity index is 0.000000411. The van der Waals surface area contributed by atoms with Gasteiger partial charge < -0.3 is 20.4 Å². The van der Waals surface area contributed by atoms with Crippen LogP contribution in [-0.4, -0.2) is 45.6 Å². The van der Waals surface area contributed by atoms with Gasteiger partial charge >= 0.3 is 11.9 Å². The first-order valence-corrected chi connectivity index (χ1v) is 6.22. The molecule has 0 bridgehead atoms. The minimum absolute atomic E-state index is 0.195. The van der Waals surface area contributed by atoms with Crippen molar-refractivity contribution in [1.82, 2.24) is 0 Å². The van der Waals surface area contributed by atoms with Crippen LogP contribution in [0.1, 0.15) is 38.5 Å². The Labute approximate surface area is 106 Å². The molecule has 0 radical (unpaired) electrons. The SMILES string of the molecule is O=C(O)C1CCCCC1C(=O)O.OCCCCO. The molecule has 0 amide bonds. The van der Waals surface area contributed by atoms with Gasteiger partial charge in [-0.15, -0.1) is 0 Å². The van der Waals surface area contributed by atoms with Crippen LogP contribution in [0.5, 0.6) is 0 Å². The fraction of sp³-hybridized carbons (Fsp3) is 0.833. The molecule has 6 heteroatoms. The zero-order valence-electron chi connectivity index (χ0n) is 10.4.